The normalized spacial score (nSPS) is 12.5. The van der Waals surface area contributed by atoms with E-state index in [1.807, 2.05) is 31.2 Å². The van der Waals surface area contributed by atoms with Crippen molar-refractivity contribution in [1.29, 1.82) is 0 Å². The van der Waals surface area contributed by atoms with Crippen molar-refractivity contribution in [3.05, 3.63) is 29.8 Å². The Bertz CT molecular complexity index is 271. The highest BCUT2D eigenvalue weighted by Gasteiger charge is 2.06. The first kappa shape index (κ1) is 12.3. The number of aliphatic hydroxyl groups excluding tert-OH is 1. The van der Waals surface area contributed by atoms with Crippen LogP contribution in [0.4, 0.5) is 0 Å². The fourth-order valence-electron chi connectivity index (χ4n) is 1.38. The Morgan fingerprint density at radius 2 is 2.00 bits per heavy atom. The summed E-state index contributed by atoms with van der Waals surface area (Å²) in [7, 11) is 0. The topological polar surface area (TPSA) is 29.5 Å². The van der Waals surface area contributed by atoms with Gasteiger partial charge in [-0.3, -0.25) is 0 Å². The number of ether oxygens (including phenoxy) is 1. The van der Waals surface area contributed by atoms with Crippen LogP contribution < -0.4 is 4.74 Å². The molecular weight excluding hydrogens is 212 g/mol. The third kappa shape index (κ3) is 4.10. The predicted octanol–water partition coefficient (Wildman–Crippen LogP) is 3.14. The molecule has 15 heavy (non-hydrogen) atoms. The van der Waals surface area contributed by atoms with Crippen LogP contribution >= 0.6 is 11.6 Å². The van der Waals surface area contributed by atoms with Gasteiger partial charge in [0.05, 0.1) is 12.0 Å². The van der Waals surface area contributed by atoms with Crippen LogP contribution in [0.1, 0.15) is 30.7 Å². The molecule has 0 bridgehead atoms. The molecule has 84 valence electrons. The second-order valence-corrected chi connectivity index (χ2v) is 3.86. The minimum Gasteiger partial charge on any atom is -0.494 e. The van der Waals surface area contributed by atoms with E-state index in [1.165, 1.54) is 0 Å². The lowest BCUT2D eigenvalue weighted by Crippen LogP contribution is -1.94. The Morgan fingerprint density at radius 1 is 1.33 bits per heavy atom. The zero-order valence-electron chi connectivity index (χ0n) is 8.95. The fourth-order valence-corrected chi connectivity index (χ4v) is 1.68. The first-order valence-electron chi connectivity index (χ1n) is 5.25. The van der Waals surface area contributed by atoms with Gasteiger partial charge in [-0.1, -0.05) is 12.1 Å². The molecule has 1 unspecified atom stereocenters. The molecule has 1 atom stereocenters. The molecule has 0 spiro atoms. The predicted molar refractivity (Wildman–Crippen MR) is 62.5 cm³/mol. The first-order valence-corrected chi connectivity index (χ1v) is 5.69. The quantitative estimate of drug-likeness (QED) is 0.758. The highest BCUT2D eigenvalue weighted by Crippen LogP contribution is 2.26. The molecule has 0 saturated carbocycles. The summed E-state index contributed by atoms with van der Waals surface area (Å²) < 4.78 is 5.34. The molecule has 0 aliphatic heterocycles. The number of halogens is 1. The lowest BCUT2D eigenvalue weighted by Gasteiger charge is -2.09. The number of rotatable bonds is 6. The lowest BCUT2D eigenvalue weighted by atomic mass is 10.1. The molecule has 1 rings (SSSR count). The van der Waals surface area contributed by atoms with Crippen molar-refractivity contribution >= 4 is 11.6 Å². The lowest BCUT2D eigenvalue weighted by molar-refractivity contribution is 0.284. The number of hydrogen-bond acceptors (Lipinski definition) is 2. The Balaban J connectivity index is 2.54. The summed E-state index contributed by atoms with van der Waals surface area (Å²) in [5.41, 5.74) is 1.08. The standard InChI is InChI=1S/C12H17ClO2/c1-2-15-11-7-5-10(6-8-11)12(13)4-3-9-14/h5-8,12,14H,2-4,9H2,1H3. The van der Waals surface area contributed by atoms with Crippen LogP contribution in [0.5, 0.6) is 5.75 Å². The van der Waals surface area contributed by atoms with E-state index < -0.39 is 0 Å². The van der Waals surface area contributed by atoms with Crippen LogP contribution in [-0.2, 0) is 0 Å². The van der Waals surface area contributed by atoms with E-state index in [1.54, 1.807) is 0 Å². The summed E-state index contributed by atoms with van der Waals surface area (Å²) in [6, 6.07) is 7.79. The van der Waals surface area contributed by atoms with Crippen LogP contribution in [0.15, 0.2) is 24.3 Å². The fraction of sp³-hybridized carbons (Fsp3) is 0.500. The van der Waals surface area contributed by atoms with E-state index in [-0.39, 0.29) is 12.0 Å². The van der Waals surface area contributed by atoms with E-state index in [9.17, 15) is 0 Å². The number of alkyl halides is 1. The molecule has 0 heterocycles. The van der Waals surface area contributed by atoms with Crippen molar-refractivity contribution < 1.29 is 9.84 Å². The van der Waals surface area contributed by atoms with Crippen molar-refractivity contribution in [2.45, 2.75) is 25.1 Å². The summed E-state index contributed by atoms with van der Waals surface area (Å²) in [4.78, 5) is 0. The van der Waals surface area contributed by atoms with E-state index in [0.717, 1.165) is 24.2 Å². The average molecular weight is 229 g/mol. The molecular formula is C12H17ClO2. The number of aliphatic hydroxyl groups is 1. The van der Waals surface area contributed by atoms with Gasteiger partial charge in [-0.2, -0.15) is 0 Å². The van der Waals surface area contributed by atoms with Crippen LogP contribution in [0.2, 0.25) is 0 Å². The second kappa shape index (κ2) is 6.70. The summed E-state index contributed by atoms with van der Waals surface area (Å²) >= 11 is 6.16. The molecule has 0 amide bonds. The maximum atomic E-state index is 8.70. The van der Waals surface area contributed by atoms with E-state index in [0.29, 0.717) is 6.61 Å². The largest absolute Gasteiger partial charge is 0.494 e. The van der Waals surface area contributed by atoms with Gasteiger partial charge < -0.3 is 9.84 Å². The van der Waals surface area contributed by atoms with Gasteiger partial charge >= 0.3 is 0 Å². The zero-order valence-corrected chi connectivity index (χ0v) is 9.70. The smallest absolute Gasteiger partial charge is 0.119 e. The first-order chi connectivity index (χ1) is 7.27. The van der Waals surface area contributed by atoms with Crippen molar-refractivity contribution in [2.24, 2.45) is 0 Å². The second-order valence-electron chi connectivity index (χ2n) is 3.34. The third-order valence-electron chi connectivity index (χ3n) is 2.17. The Labute approximate surface area is 95.8 Å². The molecule has 0 fully saturated rings. The van der Waals surface area contributed by atoms with Crippen LogP contribution in [0.3, 0.4) is 0 Å². The maximum Gasteiger partial charge on any atom is 0.119 e. The zero-order chi connectivity index (χ0) is 11.1. The molecule has 0 aromatic heterocycles. The van der Waals surface area contributed by atoms with Gasteiger partial charge in [-0.25, -0.2) is 0 Å². The number of hydrogen-bond donors (Lipinski definition) is 1. The van der Waals surface area contributed by atoms with E-state index in [2.05, 4.69) is 0 Å². The van der Waals surface area contributed by atoms with Gasteiger partial charge in [0.15, 0.2) is 0 Å². The van der Waals surface area contributed by atoms with Crippen LogP contribution in [-0.4, -0.2) is 18.3 Å². The molecule has 2 nitrogen and oxygen atoms in total. The van der Waals surface area contributed by atoms with Gasteiger partial charge in [0.25, 0.3) is 0 Å². The van der Waals surface area contributed by atoms with Gasteiger partial charge in [0.2, 0.25) is 0 Å². The van der Waals surface area contributed by atoms with Gasteiger partial charge in [0, 0.05) is 6.61 Å². The maximum absolute atomic E-state index is 8.70. The van der Waals surface area contributed by atoms with Crippen molar-refractivity contribution in [3.63, 3.8) is 0 Å². The summed E-state index contributed by atoms with van der Waals surface area (Å²) in [6.07, 6.45) is 1.54. The number of benzene rings is 1. The van der Waals surface area contributed by atoms with Gasteiger partial charge in [-0.05, 0) is 37.5 Å². The average Bonchev–Trinajstić information content (AvgIpc) is 2.27. The van der Waals surface area contributed by atoms with Crippen molar-refractivity contribution in [1.82, 2.24) is 0 Å². The summed E-state index contributed by atoms with van der Waals surface area (Å²) in [5.74, 6) is 0.868. The Kier molecular flexibility index (Phi) is 5.51. The molecule has 1 aromatic carbocycles. The molecule has 0 aliphatic rings. The molecule has 3 heteroatoms. The highest BCUT2D eigenvalue weighted by molar-refractivity contribution is 6.20. The molecule has 0 saturated heterocycles. The monoisotopic (exact) mass is 228 g/mol. The minimum atomic E-state index is -0.0205. The minimum absolute atomic E-state index is 0.0205. The molecule has 0 radical (unpaired) electrons. The van der Waals surface area contributed by atoms with Crippen molar-refractivity contribution in [3.8, 4) is 5.75 Å². The Morgan fingerprint density at radius 3 is 2.53 bits per heavy atom. The Hall–Kier alpha value is -0.730. The molecule has 1 aromatic rings. The van der Waals surface area contributed by atoms with E-state index in [4.69, 9.17) is 21.4 Å². The van der Waals surface area contributed by atoms with Gasteiger partial charge in [0.1, 0.15) is 5.75 Å². The highest BCUT2D eigenvalue weighted by atomic mass is 35.5. The SMILES string of the molecule is CCOc1ccc(C(Cl)CCCO)cc1. The molecule has 0 aliphatic carbocycles. The van der Waals surface area contributed by atoms with E-state index >= 15 is 0 Å². The third-order valence-corrected chi connectivity index (χ3v) is 2.64. The van der Waals surface area contributed by atoms with Crippen LogP contribution in [0.25, 0.3) is 0 Å². The van der Waals surface area contributed by atoms with Gasteiger partial charge in [-0.15, -0.1) is 11.6 Å². The summed E-state index contributed by atoms with van der Waals surface area (Å²) in [6.45, 7) is 2.83. The molecule has 1 N–H and O–H groups in total. The summed E-state index contributed by atoms with van der Waals surface area (Å²) in [5, 5.41) is 8.68. The van der Waals surface area contributed by atoms with Crippen molar-refractivity contribution in [2.75, 3.05) is 13.2 Å². The van der Waals surface area contributed by atoms with Crippen LogP contribution in [0, 0.1) is 0 Å².